The molecule has 2 N–H and O–H groups in total. The van der Waals surface area contributed by atoms with Crippen molar-refractivity contribution in [2.45, 2.75) is 37.8 Å². The van der Waals surface area contributed by atoms with E-state index in [1.165, 1.54) is 18.7 Å². The third-order valence-electron chi connectivity index (χ3n) is 4.04. The minimum absolute atomic E-state index is 0.0811. The van der Waals surface area contributed by atoms with Gasteiger partial charge in [0.25, 0.3) is 5.56 Å². The lowest BCUT2D eigenvalue weighted by atomic mass is 9.99. The van der Waals surface area contributed by atoms with Crippen molar-refractivity contribution in [3.8, 4) is 0 Å². The van der Waals surface area contributed by atoms with E-state index in [1.54, 1.807) is 0 Å². The van der Waals surface area contributed by atoms with Crippen LogP contribution in [-0.2, 0) is 20.7 Å². The van der Waals surface area contributed by atoms with E-state index in [9.17, 15) is 14.4 Å². The number of thioether (sulfide) groups is 1. The molecule has 0 spiro atoms. The quantitative estimate of drug-likeness (QED) is 0.409. The minimum Gasteiger partial charge on any atom is -0.469 e. The van der Waals surface area contributed by atoms with Gasteiger partial charge in [-0.3, -0.25) is 14.4 Å². The smallest absolute Gasteiger partial charge is 0.311 e. The number of aromatic amines is 1. The molecule has 0 unspecified atom stereocenters. The van der Waals surface area contributed by atoms with Gasteiger partial charge in [0.15, 0.2) is 5.16 Å². The number of hydrogen-bond donors (Lipinski definition) is 2. The molecule has 1 amide bonds. The van der Waals surface area contributed by atoms with Crippen LogP contribution in [0.5, 0.6) is 0 Å². The van der Waals surface area contributed by atoms with E-state index in [4.69, 9.17) is 0 Å². The summed E-state index contributed by atoms with van der Waals surface area (Å²) in [7, 11) is 1.27. The van der Waals surface area contributed by atoms with Crippen molar-refractivity contribution in [2.24, 2.45) is 0 Å². The van der Waals surface area contributed by atoms with Crippen LogP contribution in [0.4, 0.5) is 5.69 Å². The predicted octanol–water partition coefficient (Wildman–Crippen LogP) is 2.73. The van der Waals surface area contributed by atoms with Crippen molar-refractivity contribution in [1.82, 2.24) is 9.97 Å². The molecule has 0 saturated heterocycles. The van der Waals surface area contributed by atoms with Gasteiger partial charge in [0.1, 0.15) is 0 Å². The van der Waals surface area contributed by atoms with E-state index in [-0.39, 0.29) is 28.8 Å². The summed E-state index contributed by atoms with van der Waals surface area (Å²) < 4.78 is 4.57. The fourth-order valence-corrected chi connectivity index (χ4v) is 3.02. The zero-order valence-electron chi connectivity index (χ0n) is 15.6. The van der Waals surface area contributed by atoms with Crippen LogP contribution in [0.2, 0.25) is 0 Å². The number of nitrogens with one attached hydrogen (secondary N) is 2. The first-order chi connectivity index (χ1) is 12.9. The van der Waals surface area contributed by atoms with Crippen molar-refractivity contribution in [1.29, 1.82) is 0 Å². The normalized spacial score (nSPS) is 11.7. The Morgan fingerprint density at radius 3 is 2.63 bits per heavy atom. The third-order valence-corrected chi connectivity index (χ3v) is 4.92. The molecule has 1 atom stereocenters. The lowest BCUT2D eigenvalue weighted by molar-refractivity contribution is -0.139. The van der Waals surface area contributed by atoms with E-state index >= 15 is 0 Å². The number of anilines is 1. The second kappa shape index (κ2) is 9.91. The maximum atomic E-state index is 12.1. The Kier molecular flexibility index (Phi) is 7.60. The van der Waals surface area contributed by atoms with Crippen molar-refractivity contribution in [2.75, 3.05) is 18.2 Å². The van der Waals surface area contributed by atoms with Gasteiger partial charge >= 0.3 is 5.97 Å². The van der Waals surface area contributed by atoms with E-state index < -0.39 is 5.97 Å². The Labute approximate surface area is 161 Å². The first kappa shape index (κ1) is 20.7. The van der Waals surface area contributed by atoms with E-state index in [0.29, 0.717) is 17.3 Å². The first-order valence-electron chi connectivity index (χ1n) is 8.61. The number of carbonyl (C=O) groups is 2. The molecular weight excluding hydrogens is 366 g/mol. The van der Waals surface area contributed by atoms with Crippen LogP contribution in [0.3, 0.4) is 0 Å². The topological polar surface area (TPSA) is 101 Å². The molecule has 1 heterocycles. The largest absolute Gasteiger partial charge is 0.469 e. The lowest BCUT2D eigenvalue weighted by Crippen LogP contribution is -2.17. The molecule has 7 nitrogen and oxygen atoms in total. The van der Waals surface area contributed by atoms with Crippen molar-refractivity contribution >= 4 is 29.3 Å². The lowest BCUT2D eigenvalue weighted by Gasteiger charge is -2.10. The molecule has 2 aromatic rings. The molecule has 8 heteroatoms. The summed E-state index contributed by atoms with van der Waals surface area (Å²) in [6.07, 6.45) is 0.964. The summed E-state index contributed by atoms with van der Waals surface area (Å²) in [5.74, 6) is -0.136. The van der Waals surface area contributed by atoms with E-state index in [2.05, 4.69) is 33.9 Å². The van der Waals surface area contributed by atoms with Crippen molar-refractivity contribution in [3.63, 3.8) is 0 Å². The number of esters is 1. The van der Waals surface area contributed by atoms with Gasteiger partial charge in [-0.25, -0.2) is 4.98 Å². The molecule has 27 heavy (non-hydrogen) atoms. The number of H-pyrrole nitrogens is 1. The Balaban J connectivity index is 1.93. The predicted molar refractivity (Wildman–Crippen MR) is 105 cm³/mol. The number of aromatic nitrogens is 2. The number of nitrogens with zero attached hydrogens (tertiary/aromatic N) is 1. The highest BCUT2D eigenvalue weighted by atomic mass is 32.2. The SMILES string of the molecule is CC[C@@H](C)c1ccc(NC(=O)CSc2nc(CC(=O)OC)cc(=O)[nH]2)cc1. The highest BCUT2D eigenvalue weighted by Gasteiger charge is 2.10. The van der Waals surface area contributed by atoms with Crippen molar-refractivity contribution in [3.05, 3.63) is 51.9 Å². The number of carbonyl (C=O) groups excluding carboxylic acids is 2. The maximum Gasteiger partial charge on any atom is 0.311 e. The van der Waals surface area contributed by atoms with Crippen LogP contribution in [0.25, 0.3) is 0 Å². The summed E-state index contributed by atoms with van der Waals surface area (Å²) in [4.78, 5) is 41.8. The molecule has 1 aromatic carbocycles. The molecule has 2 rings (SSSR count). The maximum absolute atomic E-state index is 12.1. The van der Waals surface area contributed by atoms with E-state index in [1.807, 2.05) is 24.3 Å². The van der Waals surface area contributed by atoms with Crippen LogP contribution >= 0.6 is 11.8 Å². The fraction of sp³-hybridized carbons (Fsp3) is 0.368. The fourth-order valence-electron chi connectivity index (χ4n) is 2.32. The van der Waals surface area contributed by atoms with Crippen LogP contribution in [0.1, 0.15) is 37.4 Å². The van der Waals surface area contributed by atoms with Crippen LogP contribution in [0, 0.1) is 0 Å². The van der Waals surface area contributed by atoms with Gasteiger partial charge in [0.2, 0.25) is 5.91 Å². The molecule has 1 aromatic heterocycles. The summed E-state index contributed by atoms with van der Waals surface area (Å²) in [5.41, 5.74) is 1.87. The van der Waals surface area contributed by atoms with Crippen molar-refractivity contribution < 1.29 is 14.3 Å². The zero-order valence-corrected chi connectivity index (χ0v) is 16.4. The van der Waals surface area contributed by atoms with Gasteiger partial charge in [-0.2, -0.15) is 0 Å². The second-order valence-corrected chi connectivity index (χ2v) is 7.03. The third kappa shape index (κ3) is 6.56. The number of methoxy groups -OCH3 is 1. The molecule has 0 radical (unpaired) electrons. The number of hydrogen-bond acceptors (Lipinski definition) is 6. The average Bonchev–Trinajstić information content (AvgIpc) is 2.65. The van der Waals surface area contributed by atoms with Gasteiger partial charge in [0, 0.05) is 11.8 Å². The molecule has 0 bridgehead atoms. The van der Waals surface area contributed by atoms with Crippen LogP contribution in [0.15, 0.2) is 40.3 Å². The minimum atomic E-state index is -0.484. The number of ether oxygens (including phenoxy) is 1. The van der Waals surface area contributed by atoms with Gasteiger partial charge < -0.3 is 15.0 Å². The molecule has 0 fully saturated rings. The Morgan fingerprint density at radius 2 is 2.00 bits per heavy atom. The second-order valence-electron chi connectivity index (χ2n) is 6.06. The molecular formula is C19H23N3O4S. The molecule has 0 aliphatic carbocycles. The average molecular weight is 389 g/mol. The number of amides is 1. The summed E-state index contributed by atoms with van der Waals surface area (Å²) in [6.45, 7) is 4.29. The number of rotatable bonds is 8. The monoisotopic (exact) mass is 389 g/mol. The van der Waals surface area contributed by atoms with Crippen LogP contribution < -0.4 is 10.9 Å². The Morgan fingerprint density at radius 1 is 1.30 bits per heavy atom. The summed E-state index contributed by atoms with van der Waals surface area (Å²) in [5, 5.41) is 3.09. The summed E-state index contributed by atoms with van der Waals surface area (Å²) in [6, 6.07) is 9.00. The zero-order chi connectivity index (χ0) is 19.8. The molecule has 0 aliphatic rings. The van der Waals surface area contributed by atoms with Gasteiger partial charge in [-0.05, 0) is 30.0 Å². The first-order valence-corrected chi connectivity index (χ1v) is 9.59. The highest BCUT2D eigenvalue weighted by Crippen LogP contribution is 2.20. The van der Waals surface area contributed by atoms with Gasteiger partial charge in [-0.15, -0.1) is 0 Å². The number of benzene rings is 1. The highest BCUT2D eigenvalue weighted by molar-refractivity contribution is 7.99. The Bertz CT molecular complexity index is 849. The van der Waals surface area contributed by atoms with E-state index in [0.717, 1.165) is 18.2 Å². The summed E-state index contributed by atoms with van der Waals surface area (Å²) >= 11 is 1.09. The molecule has 0 saturated carbocycles. The standard InChI is InChI=1S/C19H23N3O4S/c1-4-12(2)13-5-7-14(8-6-13)20-17(24)11-27-19-21-15(9-16(23)22-19)10-18(25)26-3/h5-9,12H,4,10-11H2,1-3H3,(H,20,24)(H,21,22,23)/t12-/m1/s1. The Hall–Kier alpha value is -2.61. The van der Waals surface area contributed by atoms with Gasteiger partial charge in [0.05, 0.1) is 25.0 Å². The van der Waals surface area contributed by atoms with Gasteiger partial charge in [-0.1, -0.05) is 37.7 Å². The van der Waals surface area contributed by atoms with Crippen LogP contribution in [-0.4, -0.2) is 34.7 Å². The molecule has 144 valence electrons. The molecule has 0 aliphatic heterocycles.